The molecular weight excluding hydrogens is 152 g/mol. The molecule has 1 atom stereocenters. The third-order valence-corrected chi connectivity index (χ3v) is 1.45. The molecule has 0 aliphatic rings. The lowest BCUT2D eigenvalue weighted by Crippen LogP contribution is -2.12. The maximum absolute atomic E-state index is 5.32. The molecule has 0 radical (unpaired) electrons. The lowest BCUT2D eigenvalue weighted by Gasteiger charge is -2.10. The van der Waals surface area contributed by atoms with Gasteiger partial charge in [0, 0.05) is 6.61 Å². The molecule has 0 amide bonds. The van der Waals surface area contributed by atoms with Crippen LogP contribution in [0.5, 0.6) is 0 Å². The van der Waals surface area contributed by atoms with Crippen molar-refractivity contribution in [3.63, 3.8) is 0 Å². The average molecular weight is 172 g/mol. The molecular formula is C10H20O2. The van der Waals surface area contributed by atoms with E-state index in [1.165, 1.54) is 6.42 Å². The Morgan fingerprint density at radius 1 is 1.17 bits per heavy atom. The molecule has 0 aromatic carbocycles. The zero-order valence-corrected chi connectivity index (χ0v) is 8.38. The minimum absolute atomic E-state index is 0.0822. The first-order valence-corrected chi connectivity index (χ1v) is 4.69. The predicted molar refractivity (Wildman–Crippen MR) is 51.1 cm³/mol. The second-order valence-corrected chi connectivity index (χ2v) is 2.62. The summed E-state index contributed by atoms with van der Waals surface area (Å²) in [6.45, 7) is 7.40. The van der Waals surface area contributed by atoms with Crippen LogP contribution in [0.25, 0.3) is 0 Å². The van der Waals surface area contributed by atoms with E-state index in [0.717, 1.165) is 6.42 Å². The summed E-state index contributed by atoms with van der Waals surface area (Å²) < 4.78 is 10.5. The van der Waals surface area contributed by atoms with Gasteiger partial charge in [-0.1, -0.05) is 25.5 Å². The molecule has 0 bridgehead atoms. The smallest absolute Gasteiger partial charge is 0.155 e. The Morgan fingerprint density at radius 2 is 1.92 bits per heavy atom. The molecule has 0 spiro atoms. The molecule has 0 aromatic heterocycles. The van der Waals surface area contributed by atoms with E-state index in [0.29, 0.717) is 13.2 Å². The highest BCUT2D eigenvalue weighted by molar-refractivity contribution is 4.80. The Morgan fingerprint density at radius 3 is 2.50 bits per heavy atom. The van der Waals surface area contributed by atoms with Crippen molar-refractivity contribution in [1.29, 1.82) is 0 Å². The van der Waals surface area contributed by atoms with Crippen LogP contribution in [0.1, 0.15) is 33.6 Å². The lowest BCUT2D eigenvalue weighted by atomic mass is 10.3. The fraction of sp³-hybridized carbons (Fsp3) is 0.800. The van der Waals surface area contributed by atoms with Crippen LogP contribution in [0.4, 0.5) is 0 Å². The minimum atomic E-state index is -0.0822. The van der Waals surface area contributed by atoms with E-state index in [2.05, 4.69) is 13.0 Å². The standard InChI is InChI=1S/C10H20O2/c1-4-6-7-8-9-12-10(3)11-5-2/h7-8,10H,4-6,9H2,1-3H3/b8-7+. The highest BCUT2D eigenvalue weighted by Gasteiger charge is 1.96. The van der Waals surface area contributed by atoms with E-state index < -0.39 is 0 Å². The van der Waals surface area contributed by atoms with Gasteiger partial charge in [0.2, 0.25) is 0 Å². The largest absolute Gasteiger partial charge is 0.353 e. The topological polar surface area (TPSA) is 18.5 Å². The number of rotatable bonds is 7. The van der Waals surface area contributed by atoms with Gasteiger partial charge in [0.05, 0.1) is 6.61 Å². The molecule has 2 heteroatoms. The molecule has 2 nitrogen and oxygen atoms in total. The fourth-order valence-corrected chi connectivity index (χ4v) is 0.826. The highest BCUT2D eigenvalue weighted by atomic mass is 16.7. The van der Waals surface area contributed by atoms with E-state index in [9.17, 15) is 0 Å². The summed E-state index contributed by atoms with van der Waals surface area (Å²) >= 11 is 0. The van der Waals surface area contributed by atoms with E-state index in [1.807, 2.05) is 19.9 Å². The van der Waals surface area contributed by atoms with Gasteiger partial charge in [0.25, 0.3) is 0 Å². The van der Waals surface area contributed by atoms with Crippen LogP contribution in [-0.4, -0.2) is 19.5 Å². The summed E-state index contributed by atoms with van der Waals surface area (Å²) in [5.41, 5.74) is 0. The summed E-state index contributed by atoms with van der Waals surface area (Å²) in [6.07, 6.45) is 6.42. The summed E-state index contributed by atoms with van der Waals surface area (Å²) in [5.74, 6) is 0. The van der Waals surface area contributed by atoms with Gasteiger partial charge in [-0.25, -0.2) is 0 Å². The SMILES string of the molecule is CCC/C=C/COC(C)OCC. The molecule has 0 rings (SSSR count). The van der Waals surface area contributed by atoms with Gasteiger partial charge in [0.1, 0.15) is 0 Å². The quantitative estimate of drug-likeness (QED) is 0.434. The summed E-state index contributed by atoms with van der Waals surface area (Å²) in [6, 6.07) is 0. The van der Waals surface area contributed by atoms with Crippen molar-refractivity contribution in [2.24, 2.45) is 0 Å². The van der Waals surface area contributed by atoms with Gasteiger partial charge in [0.15, 0.2) is 6.29 Å². The first kappa shape index (κ1) is 11.7. The van der Waals surface area contributed by atoms with E-state index in [-0.39, 0.29) is 6.29 Å². The van der Waals surface area contributed by atoms with Crippen LogP contribution in [0.15, 0.2) is 12.2 Å². The van der Waals surface area contributed by atoms with Gasteiger partial charge < -0.3 is 9.47 Å². The molecule has 72 valence electrons. The first-order valence-electron chi connectivity index (χ1n) is 4.69. The van der Waals surface area contributed by atoms with E-state index in [4.69, 9.17) is 9.47 Å². The highest BCUT2D eigenvalue weighted by Crippen LogP contribution is 1.94. The van der Waals surface area contributed by atoms with Crippen molar-refractivity contribution in [2.45, 2.75) is 39.9 Å². The van der Waals surface area contributed by atoms with E-state index in [1.54, 1.807) is 0 Å². The first-order chi connectivity index (χ1) is 5.81. The zero-order valence-electron chi connectivity index (χ0n) is 8.38. The molecule has 0 N–H and O–H groups in total. The molecule has 0 heterocycles. The van der Waals surface area contributed by atoms with Gasteiger partial charge in [-0.3, -0.25) is 0 Å². The van der Waals surface area contributed by atoms with Gasteiger partial charge in [-0.05, 0) is 20.3 Å². The maximum atomic E-state index is 5.32. The number of ether oxygens (including phenoxy) is 2. The van der Waals surface area contributed by atoms with E-state index >= 15 is 0 Å². The summed E-state index contributed by atoms with van der Waals surface area (Å²) in [7, 11) is 0. The lowest BCUT2D eigenvalue weighted by molar-refractivity contribution is -0.118. The molecule has 0 aliphatic heterocycles. The maximum Gasteiger partial charge on any atom is 0.155 e. The molecule has 12 heavy (non-hydrogen) atoms. The number of unbranched alkanes of at least 4 members (excludes halogenated alkanes) is 1. The van der Waals surface area contributed by atoms with Crippen molar-refractivity contribution in [3.05, 3.63) is 12.2 Å². The van der Waals surface area contributed by atoms with Crippen LogP contribution >= 0.6 is 0 Å². The Labute approximate surface area is 75.6 Å². The van der Waals surface area contributed by atoms with Crippen LogP contribution in [-0.2, 0) is 9.47 Å². The van der Waals surface area contributed by atoms with Gasteiger partial charge in [-0.2, -0.15) is 0 Å². The third-order valence-electron chi connectivity index (χ3n) is 1.45. The normalized spacial score (nSPS) is 13.9. The number of hydrogen-bond donors (Lipinski definition) is 0. The van der Waals surface area contributed by atoms with Crippen LogP contribution < -0.4 is 0 Å². The molecule has 0 fully saturated rings. The van der Waals surface area contributed by atoms with Crippen LogP contribution in [0.2, 0.25) is 0 Å². The molecule has 0 aliphatic carbocycles. The van der Waals surface area contributed by atoms with Crippen LogP contribution in [0.3, 0.4) is 0 Å². The minimum Gasteiger partial charge on any atom is -0.353 e. The van der Waals surface area contributed by atoms with Crippen molar-refractivity contribution >= 4 is 0 Å². The average Bonchev–Trinajstić information content (AvgIpc) is 2.05. The Kier molecular flexibility index (Phi) is 8.51. The molecule has 1 unspecified atom stereocenters. The Balaban J connectivity index is 3.17. The predicted octanol–water partition coefficient (Wildman–Crippen LogP) is 2.74. The second kappa shape index (κ2) is 8.75. The van der Waals surface area contributed by atoms with Crippen molar-refractivity contribution < 1.29 is 9.47 Å². The molecule has 0 saturated heterocycles. The summed E-state index contributed by atoms with van der Waals surface area (Å²) in [4.78, 5) is 0. The Bertz CT molecular complexity index is 110. The molecule has 0 aromatic rings. The zero-order chi connectivity index (χ0) is 9.23. The van der Waals surface area contributed by atoms with Crippen molar-refractivity contribution in [2.75, 3.05) is 13.2 Å². The fourth-order valence-electron chi connectivity index (χ4n) is 0.826. The number of hydrogen-bond acceptors (Lipinski definition) is 2. The number of allylic oxidation sites excluding steroid dienone is 1. The van der Waals surface area contributed by atoms with Crippen molar-refractivity contribution in [1.82, 2.24) is 0 Å². The third kappa shape index (κ3) is 7.76. The van der Waals surface area contributed by atoms with Crippen LogP contribution in [0, 0.1) is 0 Å². The van der Waals surface area contributed by atoms with Crippen molar-refractivity contribution in [3.8, 4) is 0 Å². The summed E-state index contributed by atoms with van der Waals surface area (Å²) in [5, 5.41) is 0. The van der Waals surface area contributed by atoms with Gasteiger partial charge >= 0.3 is 0 Å². The van der Waals surface area contributed by atoms with Gasteiger partial charge in [-0.15, -0.1) is 0 Å². The Hall–Kier alpha value is -0.340. The monoisotopic (exact) mass is 172 g/mol. The molecule has 0 saturated carbocycles. The second-order valence-electron chi connectivity index (χ2n) is 2.62.